The second-order valence-corrected chi connectivity index (χ2v) is 6.05. The molecule has 0 aromatic heterocycles. The van der Waals surface area contributed by atoms with Gasteiger partial charge in [0.25, 0.3) is 0 Å². The molecule has 2 heterocycles. The third-order valence-corrected chi connectivity index (χ3v) is 4.18. The molecule has 88 valence electrons. The summed E-state index contributed by atoms with van der Waals surface area (Å²) in [7, 11) is 0. The van der Waals surface area contributed by atoms with Crippen molar-refractivity contribution < 1.29 is 4.48 Å². The molecule has 0 radical (unpaired) electrons. The molecule has 2 nitrogen and oxygen atoms in total. The van der Waals surface area contributed by atoms with E-state index in [-0.39, 0.29) is 0 Å². The Morgan fingerprint density at radius 1 is 1.27 bits per heavy atom. The Kier molecular flexibility index (Phi) is 3.36. The van der Waals surface area contributed by atoms with E-state index in [0.717, 1.165) is 12.0 Å². The molecule has 0 aromatic rings. The predicted octanol–water partition coefficient (Wildman–Crippen LogP) is 2.30. The number of hydrogen-bond acceptors (Lipinski definition) is 1. The monoisotopic (exact) mass is 211 g/mol. The third-order valence-electron chi connectivity index (χ3n) is 4.18. The van der Waals surface area contributed by atoms with Gasteiger partial charge in [-0.2, -0.15) is 0 Å². The highest BCUT2D eigenvalue weighted by molar-refractivity contribution is 4.77. The second-order valence-electron chi connectivity index (χ2n) is 6.05. The van der Waals surface area contributed by atoms with Gasteiger partial charge in [0, 0.05) is 19.4 Å². The first-order valence-electron chi connectivity index (χ1n) is 6.74. The normalized spacial score (nSPS) is 30.8. The van der Waals surface area contributed by atoms with E-state index >= 15 is 0 Å². The van der Waals surface area contributed by atoms with Crippen molar-refractivity contribution in [3.05, 3.63) is 0 Å². The van der Waals surface area contributed by atoms with Gasteiger partial charge in [-0.25, -0.2) is 4.90 Å². The Hall–Kier alpha value is -0.0800. The lowest BCUT2D eigenvalue weighted by atomic mass is 10.1. The van der Waals surface area contributed by atoms with Crippen LogP contribution in [0.15, 0.2) is 0 Å². The summed E-state index contributed by atoms with van der Waals surface area (Å²) < 4.78 is 1.42. The molecule has 1 unspecified atom stereocenters. The van der Waals surface area contributed by atoms with Crippen molar-refractivity contribution in [1.29, 1.82) is 0 Å². The minimum atomic E-state index is 0.819. The molecule has 2 rings (SSSR count). The van der Waals surface area contributed by atoms with Crippen LogP contribution in [-0.4, -0.2) is 48.3 Å². The van der Waals surface area contributed by atoms with Gasteiger partial charge in [-0.05, 0) is 12.3 Å². The van der Waals surface area contributed by atoms with E-state index in [2.05, 4.69) is 25.7 Å². The molecule has 1 atom stereocenters. The van der Waals surface area contributed by atoms with Crippen molar-refractivity contribution in [2.75, 3.05) is 32.8 Å². The summed E-state index contributed by atoms with van der Waals surface area (Å²) in [5.41, 5.74) is 0. The molecule has 2 fully saturated rings. The van der Waals surface area contributed by atoms with Crippen LogP contribution in [0.4, 0.5) is 0 Å². The average molecular weight is 211 g/mol. The van der Waals surface area contributed by atoms with E-state index in [9.17, 15) is 0 Å². The fraction of sp³-hybridized carbons (Fsp3) is 1.00. The molecule has 2 aliphatic heterocycles. The van der Waals surface area contributed by atoms with Crippen molar-refractivity contribution >= 4 is 0 Å². The van der Waals surface area contributed by atoms with Gasteiger partial charge < -0.3 is 4.48 Å². The van der Waals surface area contributed by atoms with E-state index in [1.165, 1.54) is 56.6 Å². The molecule has 2 saturated heterocycles. The summed E-state index contributed by atoms with van der Waals surface area (Å²) in [6.07, 6.45) is 4.27. The van der Waals surface area contributed by atoms with E-state index in [4.69, 9.17) is 0 Å². The SMILES string of the molecule is CCC1C[N+]2(CCCC2)CN1CC(C)C. The van der Waals surface area contributed by atoms with Crippen LogP contribution in [0.1, 0.15) is 40.0 Å². The highest BCUT2D eigenvalue weighted by Gasteiger charge is 2.44. The first-order valence-corrected chi connectivity index (χ1v) is 6.74. The minimum absolute atomic E-state index is 0.819. The smallest absolute Gasteiger partial charge is 0.135 e. The standard InChI is InChI=1S/C13H27N2/c1-4-13-10-15(7-5-6-8-15)11-14(13)9-12(2)3/h12-13H,4-11H2,1-3H3/q+1. The molecular formula is C13H27N2+. The maximum absolute atomic E-state index is 2.76. The van der Waals surface area contributed by atoms with Crippen LogP contribution >= 0.6 is 0 Å². The van der Waals surface area contributed by atoms with Crippen LogP contribution < -0.4 is 0 Å². The van der Waals surface area contributed by atoms with Crippen molar-refractivity contribution in [2.24, 2.45) is 5.92 Å². The Labute approximate surface area is 94.8 Å². The van der Waals surface area contributed by atoms with Gasteiger partial charge in [0.15, 0.2) is 0 Å². The van der Waals surface area contributed by atoms with Gasteiger partial charge in [-0.1, -0.05) is 20.8 Å². The van der Waals surface area contributed by atoms with Gasteiger partial charge in [0.05, 0.1) is 25.7 Å². The van der Waals surface area contributed by atoms with Crippen LogP contribution in [0.2, 0.25) is 0 Å². The fourth-order valence-corrected chi connectivity index (χ4v) is 3.51. The number of rotatable bonds is 3. The Morgan fingerprint density at radius 3 is 2.47 bits per heavy atom. The van der Waals surface area contributed by atoms with Crippen molar-refractivity contribution in [3.63, 3.8) is 0 Å². The van der Waals surface area contributed by atoms with Crippen LogP contribution in [0.5, 0.6) is 0 Å². The van der Waals surface area contributed by atoms with Gasteiger partial charge in [0.1, 0.15) is 6.67 Å². The van der Waals surface area contributed by atoms with Gasteiger partial charge in [-0.15, -0.1) is 0 Å². The summed E-state index contributed by atoms with van der Waals surface area (Å²) in [5.74, 6) is 0.819. The Balaban J connectivity index is 1.99. The zero-order chi connectivity index (χ0) is 10.9. The summed E-state index contributed by atoms with van der Waals surface area (Å²) >= 11 is 0. The van der Waals surface area contributed by atoms with E-state index in [1.54, 1.807) is 0 Å². The maximum Gasteiger partial charge on any atom is 0.135 e. The first-order chi connectivity index (χ1) is 7.15. The Bertz CT molecular complexity index is 207. The molecule has 1 spiro atoms. The lowest BCUT2D eigenvalue weighted by Crippen LogP contribution is -2.44. The summed E-state index contributed by atoms with van der Waals surface area (Å²) in [5, 5.41) is 0. The van der Waals surface area contributed by atoms with Gasteiger partial charge in [0.2, 0.25) is 0 Å². The zero-order valence-corrected chi connectivity index (χ0v) is 10.7. The molecule has 0 aliphatic carbocycles. The number of quaternary nitrogens is 1. The van der Waals surface area contributed by atoms with Crippen LogP contribution in [0, 0.1) is 5.92 Å². The lowest BCUT2D eigenvalue weighted by molar-refractivity contribution is -0.909. The molecule has 0 aromatic carbocycles. The maximum atomic E-state index is 2.76. The van der Waals surface area contributed by atoms with Crippen molar-refractivity contribution in [3.8, 4) is 0 Å². The average Bonchev–Trinajstić information content (AvgIpc) is 2.74. The van der Waals surface area contributed by atoms with E-state index in [1.807, 2.05) is 0 Å². The highest BCUT2D eigenvalue weighted by atomic mass is 15.5. The molecule has 0 amide bonds. The second kappa shape index (κ2) is 4.42. The predicted molar refractivity (Wildman–Crippen MR) is 64.6 cm³/mol. The quantitative estimate of drug-likeness (QED) is 0.648. The Morgan fingerprint density at radius 2 is 1.93 bits per heavy atom. The third kappa shape index (κ3) is 2.36. The van der Waals surface area contributed by atoms with Gasteiger partial charge >= 0.3 is 0 Å². The van der Waals surface area contributed by atoms with E-state index < -0.39 is 0 Å². The minimum Gasteiger partial charge on any atom is -0.310 e. The molecule has 0 saturated carbocycles. The number of hydrogen-bond donors (Lipinski definition) is 0. The molecule has 15 heavy (non-hydrogen) atoms. The molecule has 2 aliphatic rings. The van der Waals surface area contributed by atoms with Crippen molar-refractivity contribution in [2.45, 2.75) is 46.1 Å². The molecule has 0 N–H and O–H groups in total. The summed E-state index contributed by atoms with van der Waals surface area (Å²) in [4.78, 5) is 2.76. The lowest BCUT2D eigenvalue weighted by Gasteiger charge is -2.28. The summed E-state index contributed by atoms with van der Waals surface area (Å²) in [6.45, 7) is 14.0. The largest absolute Gasteiger partial charge is 0.310 e. The number of nitrogens with zero attached hydrogens (tertiary/aromatic N) is 2. The summed E-state index contributed by atoms with van der Waals surface area (Å²) in [6, 6.07) is 0.866. The molecule has 2 heteroatoms. The highest BCUT2D eigenvalue weighted by Crippen LogP contribution is 2.29. The molecule has 0 bridgehead atoms. The van der Waals surface area contributed by atoms with Crippen LogP contribution in [-0.2, 0) is 0 Å². The fourth-order valence-electron chi connectivity index (χ4n) is 3.51. The van der Waals surface area contributed by atoms with E-state index in [0.29, 0.717) is 0 Å². The first kappa shape index (κ1) is 11.4. The van der Waals surface area contributed by atoms with Gasteiger partial charge in [-0.3, -0.25) is 0 Å². The zero-order valence-electron chi connectivity index (χ0n) is 10.7. The topological polar surface area (TPSA) is 3.24 Å². The molecular weight excluding hydrogens is 184 g/mol. The van der Waals surface area contributed by atoms with Crippen molar-refractivity contribution in [1.82, 2.24) is 4.90 Å². The van der Waals surface area contributed by atoms with Crippen LogP contribution in [0.25, 0.3) is 0 Å². The van der Waals surface area contributed by atoms with Crippen LogP contribution in [0.3, 0.4) is 0 Å².